The van der Waals surface area contributed by atoms with Crippen LogP contribution >= 0.6 is 35.0 Å². The van der Waals surface area contributed by atoms with E-state index in [0.717, 1.165) is 16.9 Å². The molecule has 0 heterocycles. The Morgan fingerprint density at radius 3 is 2.17 bits per heavy atom. The molecule has 2 amide bonds. The molecule has 30 heavy (non-hydrogen) atoms. The predicted octanol–water partition coefficient (Wildman–Crippen LogP) is 5.81. The van der Waals surface area contributed by atoms with Gasteiger partial charge in [0.25, 0.3) is 0 Å². The minimum atomic E-state index is -0.500. The van der Waals surface area contributed by atoms with Gasteiger partial charge < -0.3 is 10.2 Å². The van der Waals surface area contributed by atoms with Gasteiger partial charge in [-0.15, -0.1) is 11.8 Å². The molecular formula is C23H28Cl2N2O2S. The van der Waals surface area contributed by atoms with E-state index in [0.29, 0.717) is 41.7 Å². The Morgan fingerprint density at radius 1 is 1.00 bits per heavy atom. The number of rotatable bonds is 11. The van der Waals surface area contributed by atoms with Gasteiger partial charge in [0.2, 0.25) is 11.8 Å². The molecular weight excluding hydrogens is 439 g/mol. The summed E-state index contributed by atoms with van der Waals surface area (Å²) in [5.41, 5.74) is 0.944. The molecule has 0 aliphatic rings. The molecule has 2 aromatic carbocycles. The second kappa shape index (κ2) is 12.9. The second-order valence-corrected chi connectivity index (χ2v) is 8.96. The van der Waals surface area contributed by atoms with Crippen molar-refractivity contribution >= 4 is 46.8 Å². The zero-order chi connectivity index (χ0) is 21.9. The summed E-state index contributed by atoms with van der Waals surface area (Å²) in [6.45, 7) is 4.91. The molecule has 1 atom stereocenters. The van der Waals surface area contributed by atoms with Gasteiger partial charge in [0.15, 0.2) is 0 Å². The number of nitrogens with zero attached hydrogens (tertiary/aromatic N) is 1. The Bertz CT molecular complexity index is 813. The molecule has 2 aromatic rings. The van der Waals surface area contributed by atoms with Crippen molar-refractivity contribution in [3.63, 3.8) is 0 Å². The second-order valence-electron chi connectivity index (χ2n) is 6.92. The monoisotopic (exact) mass is 466 g/mol. The fourth-order valence-electron chi connectivity index (χ4n) is 3.00. The smallest absolute Gasteiger partial charge is 0.242 e. The lowest BCUT2D eigenvalue weighted by Gasteiger charge is -2.30. The molecule has 7 heteroatoms. The van der Waals surface area contributed by atoms with Crippen molar-refractivity contribution in [3.05, 3.63) is 64.1 Å². The first-order valence-electron chi connectivity index (χ1n) is 10.1. The van der Waals surface area contributed by atoms with Gasteiger partial charge in [0, 0.05) is 40.2 Å². The summed E-state index contributed by atoms with van der Waals surface area (Å²) in [4.78, 5) is 28.6. The number of amides is 2. The maximum atomic E-state index is 13.1. The van der Waals surface area contributed by atoms with E-state index in [2.05, 4.69) is 5.32 Å². The molecule has 0 bridgehead atoms. The number of hydrogen-bond acceptors (Lipinski definition) is 3. The quantitative estimate of drug-likeness (QED) is 0.425. The summed E-state index contributed by atoms with van der Waals surface area (Å²) in [7, 11) is 0. The summed E-state index contributed by atoms with van der Waals surface area (Å²) in [6, 6.07) is 14.4. The van der Waals surface area contributed by atoms with E-state index < -0.39 is 6.04 Å². The fourth-order valence-corrected chi connectivity index (χ4v) is 4.10. The number of halogens is 2. The van der Waals surface area contributed by atoms with Gasteiger partial charge in [-0.2, -0.15) is 0 Å². The number of benzene rings is 2. The lowest BCUT2D eigenvalue weighted by molar-refractivity contribution is -0.141. The standard InChI is InChI=1S/C23H28Cl2N2O2S/c1-3-14-26-23(29)21(4-2)27(16-17-5-7-18(24)8-6-17)22(28)13-15-30-20-11-9-19(25)10-12-20/h5-12,21H,3-4,13-16H2,1-2H3,(H,26,29)/t21-/m0/s1. The van der Waals surface area contributed by atoms with Crippen molar-refractivity contribution in [2.75, 3.05) is 12.3 Å². The zero-order valence-corrected chi connectivity index (χ0v) is 19.7. The average molecular weight is 467 g/mol. The largest absolute Gasteiger partial charge is 0.354 e. The molecule has 0 aromatic heterocycles. The van der Waals surface area contributed by atoms with Gasteiger partial charge in [-0.25, -0.2) is 0 Å². The van der Waals surface area contributed by atoms with Crippen molar-refractivity contribution in [1.82, 2.24) is 10.2 Å². The van der Waals surface area contributed by atoms with Crippen LogP contribution in [0.1, 0.15) is 38.7 Å². The normalized spacial score (nSPS) is 11.7. The predicted molar refractivity (Wildman–Crippen MR) is 126 cm³/mol. The van der Waals surface area contributed by atoms with E-state index >= 15 is 0 Å². The highest BCUT2D eigenvalue weighted by Crippen LogP contribution is 2.22. The van der Waals surface area contributed by atoms with E-state index in [1.807, 2.05) is 50.2 Å². The first-order valence-corrected chi connectivity index (χ1v) is 11.9. The van der Waals surface area contributed by atoms with Crippen LogP contribution in [-0.2, 0) is 16.1 Å². The van der Waals surface area contributed by atoms with Crippen molar-refractivity contribution in [3.8, 4) is 0 Å². The topological polar surface area (TPSA) is 49.4 Å². The SMILES string of the molecule is CCCNC(=O)[C@H](CC)N(Cc1ccc(Cl)cc1)C(=O)CCSc1ccc(Cl)cc1. The minimum Gasteiger partial charge on any atom is -0.354 e. The van der Waals surface area contributed by atoms with Crippen LogP contribution in [0, 0.1) is 0 Å². The van der Waals surface area contributed by atoms with Crippen LogP contribution in [0.15, 0.2) is 53.4 Å². The van der Waals surface area contributed by atoms with Gasteiger partial charge in [-0.05, 0) is 54.8 Å². The fraction of sp³-hybridized carbons (Fsp3) is 0.391. The lowest BCUT2D eigenvalue weighted by atomic mass is 10.1. The van der Waals surface area contributed by atoms with E-state index in [9.17, 15) is 9.59 Å². The van der Waals surface area contributed by atoms with Crippen LogP contribution in [-0.4, -0.2) is 35.1 Å². The lowest BCUT2D eigenvalue weighted by Crippen LogP contribution is -2.49. The summed E-state index contributed by atoms with van der Waals surface area (Å²) in [6.07, 6.45) is 1.75. The first kappa shape index (κ1) is 24.6. The van der Waals surface area contributed by atoms with Crippen molar-refractivity contribution in [2.24, 2.45) is 0 Å². The van der Waals surface area contributed by atoms with Crippen LogP contribution in [0.4, 0.5) is 0 Å². The molecule has 0 spiro atoms. The summed E-state index contributed by atoms with van der Waals surface area (Å²) >= 11 is 13.5. The highest BCUT2D eigenvalue weighted by atomic mass is 35.5. The van der Waals surface area contributed by atoms with Gasteiger partial charge in [-0.3, -0.25) is 9.59 Å². The summed E-state index contributed by atoms with van der Waals surface area (Å²) in [5, 5.41) is 4.26. The van der Waals surface area contributed by atoms with Gasteiger partial charge in [0.1, 0.15) is 6.04 Å². The highest BCUT2D eigenvalue weighted by Gasteiger charge is 2.28. The molecule has 0 radical (unpaired) electrons. The molecule has 0 unspecified atom stereocenters. The van der Waals surface area contributed by atoms with E-state index in [4.69, 9.17) is 23.2 Å². The van der Waals surface area contributed by atoms with Crippen LogP contribution < -0.4 is 5.32 Å². The van der Waals surface area contributed by atoms with Crippen LogP contribution in [0.3, 0.4) is 0 Å². The van der Waals surface area contributed by atoms with E-state index in [1.54, 1.807) is 28.8 Å². The van der Waals surface area contributed by atoms with Gasteiger partial charge >= 0.3 is 0 Å². The zero-order valence-electron chi connectivity index (χ0n) is 17.4. The van der Waals surface area contributed by atoms with Crippen LogP contribution in [0.2, 0.25) is 10.0 Å². The van der Waals surface area contributed by atoms with Gasteiger partial charge in [-0.1, -0.05) is 49.2 Å². The Kier molecular flexibility index (Phi) is 10.6. The van der Waals surface area contributed by atoms with Crippen LogP contribution in [0.25, 0.3) is 0 Å². The Morgan fingerprint density at radius 2 is 1.60 bits per heavy atom. The molecule has 0 fully saturated rings. The maximum Gasteiger partial charge on any atom is 0.242 e. The van der Waals surface area contributed by atoms with Crippen molar-refractivity contribution in [2.45, 2.75) is 50.6 Å². The molecule has 4 nitrogen and oxygen atoms in total. The van der Waals surface area contributed by atoms with Crippen molar-refractivity contribution in [1.29, 1.82) is 0 Å². The third kappa shape index (κ3) is 7.86. The van der Waals surface area contributed by atoms with Gasteiger partial charge in [0.05, 0.1) is 0 Å². The number of hydrogen-bond donors (Lipinski definition) is 1. The molecule has 0 aliphatic carbocycles. The van der Waals surface area contributed by atoms with E-state index in [-0.39, 0.29) is 11.8 Å². The Balaban J connectivity index is 2.09. The molecule has 2 rings (SSSR count). The summed E-state index contributed by atoms with van der Waals surface area (Å²) in [5.74, 6) is 0.488. The Labute approximate surface area is 193 Å². The third-order valence-corrected chi connectivity index (χ3v) is 6.12. The molecule has 162 valence electrons. The van der Waals surface area contributed by atoms with Crippen molar-refractivity contribution < 1.29 is 9.59 Å². The molecule has 0 aliphatic heterocycles. The number of carbonyl (C=O) groups excluding carboxylic acids is 2. The highest BCUT2D eigenvalue weighted by molar-refractivity contribution is 7.99. The van der Waals surface area contributed by atoms with E-state index in [1.165, 1.54) is 0 Å². The first-order chi connectivity index (χ1) is 14.4. The number of carbonyl (C=O) groups is 2. The molecule has 0 saturated heterocycles. The number of thioether (sulfide) groups is 1. The maximum absolute atomic E-state index is 13.1. The number of nitrogens with one attached hydrogen (secondary N) is 1. The minimum absolute atomic E-state index is 0.0371. The summed E-state index contributed by atoms with van der Waals surface area (Å²) < 4.78 is 0. The average Bonchev–Trinajstić information content (AvgIpc) is 2.74. The Hall–Kier alpha value is -1.69. The third-order valence-electron chi connectivity index (χ3n) is 4.60. The molecule has 1 N–H and O–H groups in total. The van der Waals surface area contributed by atoms with Crippen LogP contribution in [0.5, 0.6) is 0 Å². The molecule has 0 saturated carbocycles.